The van der Waals surface area contributed by atoms with Gasteiger partial charge in [0.25, 0.3) is 0 Å². The van der Waals surface area contributed by atoms with Crippen molar-refractivity contribution in [1.29, 1.82) is 0 Å². The molecule has 0 amide bonds. The minimum atomic E-state index is -0.202. The van der Waals surface area contributed by atoms with Crippen LogP contribution in [0.1, 0.15) is 11.1 Å². The summed E-state index contributed by atoms with van der Waals surface area (Å²) in [6.07, 6.45) is 4.36. The second-order valence-corrected chi connectivity index (χ2v) is 7.13. The third-order valence-corrected chi connectivity index (χ3v) is 5.23. The Hall–Kier alpha value is -3.46. The van der Waals surface area contributed by atoms with E-state index in [1.165, 1.54) is 39.5 Å². The molecule has 28 heavy (non-hydrogen) atoms. The summed E-state index contributed by atoms with van der Waals surface area (Å²) in [5.74, 6) is -0.202. The zero-order valence-electron chi connectivity index (χ0n) is 15.4. The number of para-hydroxylation sites is 1. The van der Waals surface area contributed by atoms with Crippen molar-refractivity contribution in [1.82, 2.24) is 4.57 Å². The molecule has 0 aliphatic heterocycles. The molecule has 0 saturated carbocycles. The fraction of sp³-hybridized carbons (Fsp3) is 0.0800. The standard InChI is InChI=1S/C25H20FN2/c26-21-12-10-20(11-13-21)17-28-24-9-5-4-8-22(24)23-14-15-27(18-25(23)28)16-19-6-2-1-3-7-19/h1-15,18H,16-17H2/q+1. The lowest BCUT2D eigenvalue weighted by Crippen LogP contribution is -2.33. The van der Waals surface area contributed by atoms with Gasteiger partial charge in [0.05, 0.1) is 0 Å². The van der Waals surface area contributed by atoms with Crippen LogP contribution in [0.15, 0.2) is 97.3 Å². The molecule has 5 aromatic rings. The molecule has 0 aliphatic rings. The first-order chi connectivity index (χ1) is 13.8. The molecule has 5 rings (SSSR count). The molecule has 0 unspecified atom stereocenters. The van der Waals surface area contributed by atoms with Crippen molar-refractivity contribution in [2.45, 2.75) is 13.1 Å². The fourth-order valence-corrected chi connectivity index (χ4v) is 3.87. The minimum Gasteiger partial charge on any atom is -0.331 e. The number of aromatic nitrogens is 2. The van der Waals surface area contributed by atoms with Crippen molar-refractivity contribution >= 4 is 21.8 Å². The lowest BCUT2D eigenvalue weighted by atomic mass is 10.2. The summed E-state index contributed by atoms with van der Waals surface area (Å²) in [4.78, 5) is 0. The highest BCUT2D eigenvalue weighted by Gasteiger charge is 2.15. The highest BCUT2D eigenvalue weighted by atomic mass is 19.1. The summed E-state index contributed by atoms with van der Waals surface area (Å²) < 4.78 is 17.9. The third kappa shape index (κ3) is 3.05. The molecular weight excluding hydrogens is 347 g/mol. The van der Waals surface area contributed by atoms with E-state index in [4.69, 9.17) is 0 Å². The monoisotopic (exact) mass is 367 g/mol. The molecule has 0 saturated heterocycles. The zero-order chi connectivity index (χ0) is 18.9. The van der Waals surface area contributed by atoms with E-state index in [0.717, 1.165) is 12.1 Å². The van der Waals surface area contributed by atoms with Crippen LogP contribution in [-0.4, -0.2) is 4.57 Å². The predicted octanol–water partition coefficient (Wildman–Crippen LogP) is 5.32. The average molecular weight is 367 g/mol. The van der Waals surface area contributed by atoms with E-state index in [-0.39, 0.29) is 5.82 Å². The Bertz CT molecular complexity index is 1250. The van der Waals surface area contributed by atoms with E-state index in [1.807, 2.05) is 18.2 Å². The Morgan fingerprint density at radius 2 is 1.39 bits per heavy atom. The molecule has 2 nitrogen and oxygen atoms in total. The molecule has 2 heterocycles. The fourth-order valence-electron chi connectivity index (χ4n) is 3.87. The molecule has 0 bridgehead atoms. The van der Waals surface area contributed by atoms with E-state index in [1.54, 1.807) is 0 Å². The summed E-state index contributed by atoms with van der Waals surface area (Å²) in [5.41, 5.74) is 4.74. The Morgan fingerprint density at radius 3 is 2.21 bits per heavy atom. The van der Waals surface area contributed by atoms with E-state index in [2.05, 4.69) is 76.1 Å². The number of nitrogens with zero attached hydrogens (tertiary/aromatic N) is 2. The number of halogens is 1. The van der Waals surface area contributed by atoms with Crippen LogP contribution in [0.2, 0.25) is 0 Å². The predicted molar refractivity (Wildman–Crippen MR) is 111 cm³/mol. The molecule has 0 aliphatic carbocycles. The van der Waals surface area contributed by atoms with Gasteiger partial charge in [-0.2, -0.15) is 4.57 Å². The van der Waals surface area contributed by atoms with Gasteiger partial charge in [0.2, 0.25) is 0 Å². The van der Waals surface area contributed by atoms with Crippen molar-refractivity contribution in [3.63, 3.8) is 0 Å². The van der Waals surface area contributed by atoms with Gasteiger partial charge < -0.3 is 4.57 Å². The van der Waals surface area contributed by atoms with Crippen LogP contribution in [0.5, 0.6) is 0 Å². The van der Waals surface area contributed by atoms with E-state index in [0.29, 0.717) is 6.54 Å². The quantitative estimate of drug-likeness (QED) is 0.380. The molecule has 0 fully saturated rings. The number of pyridine rings is 1. The topological polar surface area (TPSA) is 8.81 Å². The van der Waals surface area contributed by atoms with Crippen LogP contribution in [-0.2, 0) is 13.1 Å². The second kappa shape index (κ2) is 6.93. The molecule has 0 radical (unpaired) electrons. The maximum Gasteiger partial charge on any atom is 0.193 e. The number of fused-ring (bicyclic) bond motifs is 3. The molecule has 2 aromatic heterocycles. The molecular formula is C25H20FN2+. The van der Waals surface area contributed by atoms with E-state index < -0.39 is 0 Å². The van der Waals surface area contributed by atoms with Crippen molar-refractivity contribution in [2.24, 2.45) is 0 Å². The van der Waals surface area contributed by atoms with Gasteiger partial charge in [-0.05, 0) is 23.8 Å². The van der Waals surface area contributed by atoms with Gasteiger partial charge in [-0.3, -0.25) is 0 Å². The van der Waals surface area contributed by atoms with Crippen LogP contribution in [0.25, 0.3) is 21.8 Å². The zero-order valence-corrected chi connectivity index (χ0v) is 15.4. The third-order valence-electron chi connectivity index (χ3n) is 5.23. The highest BCUT2D eigenvalue weighted by molar-refractivity contribution is 6.07. The van der Waals surface area contributed by atoms with Crippen molar-refractivity contribution in [2.75, 3.05) is 0 Å². The lowest BCUT2D eigenvalue weighted by Gasteiger charge is -2.07. The molecule has 3 heteroatoms. The van der Waals surface area contributed by atoms with Crippen LogP contribution >= 0.6 is 0 Å². The Labute approximate surface area is 163 Å². The Morgan fingerprint density at radius 1 is 0.679 bits per heavy atom. The van der Waals surface area contributed by atoms with Crippen LogP contribution in [0.3, 0.4) is 0 Å². The van der Waals surface area contributed by atoms with Crippen LogP contribution in [0.4, 0.5) is 4.39 Å². The Balaban J connectivity index is 1.64. The van der Waals surface area contributed by atoms with Gasteiger partial charge in [0.1, 0.15) is 11.3 Å². The van der Waals surface area contributed by atoms with E-state index in [9.17, 15) is 4.39 Å². The maximum absolute atomic E-state index is 13.3. The van der Waals surface area contributed by atoms with Crippen LogP contribution in [0, 0.1) is 5.82 Å². The van der Waals surface area contributed by atoms with Gasteiger partial charge in [0, 0.05) is 34.5 Å². The summed E-state index contributed by atoms with van der Waals surface area (Å²) >= 11 is 0. The van der Waals surface area contributed by atoms with Crippen molar-refractivity contribution < 1.29 is 8.96 Å². The van der Waals surface area contributed by atoms with Gasteiger partial charge >= 0.3 is 0 Å². The number of rotatable bonds is 4. The first-order valence-corrected chi connectivity index (χ1v) is 9.46. The average Bonchev–Trinajstić information content (AvgIpc) is 3.04. The highest BCUT2D eigenvalue weighted by Crippen LogP contribution is 2.28. The van der Waals surface area contributed by atoms with Gasteiger partial charge in [0.15, 0.2) is 18.9 Å². The molecule has 0 spiro atoms. The summed E-state index contributed by atoms with van der Waals surface area (Å²) in [5, 5.41) is 2.48. The number of hydrogen-bond acceptors (Lipinski definition) is 0. The number of hydrogen-bond donors (Lipinski definition) is 0. The summed E-state index contributed by atoms with van der Waals surface area (Å²) in [7, 11) is 0. The first kappa shape index (κ1) is 16.7. The second-order valence-electron chi connectivity index (χ2n) is 7.13. The summed E-state index contributed by atoms with van der Waals surface area (Å²) in [6, 6.07) is 27.9. The normalized spacial score (nSPS) is 11.3. The first-order valence-electron chi connectivity index (χ1n) is 9.46. The maximum atomic E-state index is 13.3. The van der Waals surface area contributed by atoms with E-state index >= 15 is 0 Å². The number of benzene rings is 3. The van der Waals surface area contributed by atoms with Gasteiger partial charge in [-0.25, -0.2) is 4.39 Å². The SMILES string of the molecule is Fc1ccc(Cn2c3ccccc3c3cc[n+](Cc4ccccc4)cc32)cc1. The minimum absolute atomic E-state index is 0.202. The molecule has 0 N–H and O–H groups in total. The van der Waals surface area contributed by atoms with Crippen molar-refractivity contribution in [3.8, 4) is 0 Å². The Kier molecular flexibility index (Phi) is 4.13. The van der Waals surface area contributed by atoms with Gasteiger partial charge in [-0.1, -0.05) is 60.7 Å². The van der Waals surface area contributed by atoms with Crippen LogP contribution < -0.4 is 4.57 Å². The largest absolute Gasteiger partial charge is 0.331 e. The molecule has 0 atom stereocenters. The van der Waals surface area contributed by atoms with Gasteiger partial charge in [-0.15, -0.1) is 0 Å². The molecule has 136 valence electrons. The smallest absolute Gasteiger partial charge is 0.193 e. The summed E-state index contributed by atoms with van der Waals surface area (Å²) in [6.45, 7) is 1.54. The van der Waals surface area contributed by atoms with Crippen molar-refractivity contribution in [3.05, 3.63) is 114 Å². The lowest BCUT2D eigenvalue weighted by molar-refractivity contribution is -0.687. The molecule has 3 aromatic carbocycles.